The molecule has 0 saturated carbocycles. The zero-order valence-electron chi connectivity index (χ0n) is 53.5. The predicted octanol–water partition coefficient (Wildman–Crippen LogP) is 21.1. The van der Waals surface area contributed by atoms with Crippen LogP contribution in [0.15, 0.2) is 97.2 Å². The first-order valence-corrected chi connectivity index (χ1v) is 35.1. The zero-order valence-corrected chi connectivity index (χ0v) is 54.4. The maximum Gasteiger partial charge on any atom is 0.472 e. The summed E-state index contributed by atoms with van der Waals surface area (Å²) in [5.41, 5.74) is 0. The van der Waals surface area contributed by atoms with Crippen molar-refractivity contribution in [3.63, 3.8) is 0 Å². The van der Waals surface area contributed by atoms with Gasteiger partial charge >= 0.3 is 13.8 Å². The molecule has 1 amide bonds. The van der Waals surface area contributed by atoms with E-state index < -0.39 is 20.0 Å². The third-order valence-corrected chi connectivity index (χ3v) is 15.5. The second kappa shape index (κ2) is 60.1. The number of allylic oxidation sites excluding steroid dienone is 15. The minimum atomic E-state index is -4.47. The Morgan fingerprint density at radius 1 is 0.444 bits per heavy atom. The Labute approximate surface area is 500 Å². The molecule has 0 aromatic carbocycles. The van der Waals surface area contributed by atoms with E-state index in [-0.39, 0.29) is 37.9 Å². The van der Waals surface area contributed by atoms with E-state index in [4.69, 9.17) is 13.8 Å². The average Bonchev–Trinajstić information content (AvgIpc) is 3.44. The summed E-state index contributed by atoms with van der Waals surface area (Å²) in [5, 5.41) is 3.01. The number of quaternary nitrogens is 1. The van der Waals surface area contributed by atoms with Crippen molar-refractivity contribution in [3.05, 3.63) is 97.2 Å². The number of nitrogens with one attached hydrogen (secondary N) is 1. The van der Waals surface area contributed by atoms with Gasteiger partial charge in [0.2, 0.25) is 5.91 Å². The van der Waals surface area contributed by atoms with Crippen LogP contribution in [0.25, 0.3) is 0 Å². The van der Waals surface area contributed by atoms with Gasteiger partial charge in [-0.3, -0.25) is 18.6 Å². The molecule has 0 aliphatic heterocycles. The molecule has 468 valence electrons. The zero-order chi connectivity index (χ0) is 59.3. The molecule has 0 aliphatic carbocycles. The number of hydrogen-bond donors (Lipinski definition) is 2. The lowest BCUT2D eigenvalue weighted by atomic mass is 10.0. The number of esters is 1. The molecule has 10 heteroatoms. The SMILES string of the molecule is CC/C=C/C/C=C/C/C=C/C/C=C/C/C=C/CCC(=O)NC(COP(=O)(O)OCC[N+](C)(C)C)C(/C=C\CCCCCCCCCCCC)OC(=O)CCCCCCCCCCCCCCCCCCC/C=C\C/C=C\CCCCC. The maximum atomic E-state index is 13.5. The highest BCUT2D eigenvalue weighted by molar-refractivity contribution is 7.47. The quantitative estimate of drug-likeness (QED) is 0.0205. The second-order valence-electron chi connectivity index (χ2n) is 23.6. The Bertz CT molecular complexity index is 1710. The molecule has 0 aromatic heterocycles. The smallest absolute Gasteiger partial charge is 0.456 e. The molecule has 0 aromatic rings. The van der Waals surface area contributed by atoms with E-state index in [1.54, 1.807) is 0 Å². The summed E-state index contributed by atoms with van der Waals surface area (Å²) in [7, 11) is 1.45. The number of hydrogen-bond acceptors (Lipinski definition) is 6. The van der Waals surface area contributed by atoms with Crippen LogP contribution in [0, 0.1) is 0 Å². The fraction of sp³-hybridized carbons (Fsp3) is 0.746. The van der Waals surface area contributed by atoms with Crippen LogP contribution in [0.5, 0.6) is 0 Å². The number of amides is 1. The molecule has 3 unspecified atom stereocenters. The molecule has 0 aliphatic rings. The van der Waals surface area contributed by atoms with Crippen LogP contribution in [-0.2, 0) is 27.9 Å². The molecule has 0 bridgehead atoms. The molecule has 0 radical (unpaired) electrons. The number of unbranched alkanes of at least 4 members (excludes halogenated alkanes) is 30. The second-order valence-corrected chi connectivity index (χ2v) is 25.1. The van der Waals surface area contributed by atoms with Gasteiger partial charge < -0.3 is 19.4 Å². The van der Waals surface area contributed by atoms with Gasteiger partial charge in [-0.2, -0.15) is 0 Å². The van der Waals surface area contributed by atoms with Crippen molar-refractivity contribution in [1.29, 1.82) is 0 Å². The highest BCUT2D eigenvalue weighted by atomic mass is 31.2. The molecule has 0 fully saturated rings. The molecular weight excluding hydrogens is 1020 g/mol. The Hall–Kier alpha value is -3.07. The monoisotopic (exact) mass is 1150 g/mol. The molecule has 0 heterocycles. The van der Waals surface area contributed by atoms with Crippen LogP contribution in [-0.4, -0.2) is 74.3 Å². The Morgan fingerprint density at radius 2 is 0.802 bits per heavy atom. The van der Waals surface area contributed by atoms with E-state index >= 15 is 0 Å². The highest BCUT2D eigenvalue weighted by Gasteiger charge is 2.30. The third kappa shape index (κ3) is 61.3. The Kier molecular flexibility index (Phi) is 57.8. The largest absolute Gasteiger partial charge is 0.472 e. The minimum absolute atomic E-state index is 0.0241. The van der Waals surface area contributed by atoms with Crippen molar-refractivity contribution in [2.75, 3.05) is 40.9 Å². The van der Waals surface area contributed by atoms with Gasteiger partial charge in [-0.25, -0.2) is 4.57 Å². The van der Waals surface area contributed by atoms with Crippen molar-refractivity contribution in [3.8, 4) is 0 Å². The predicted molar refractivity (Wildman–Crippen MR) is 350 cm³/mol. The molecular formula is C71H128N2O7P+. The highest BCUT2D eigenvalue weighted by Crippen LogP contribution is 2.43. The van der Waals surface area contributed by atoms with E-state index in [9.17, 15) is 19.0 Å². The van der Waals surface area contributed by atoms with Gasteiger partial charge in [0.25, 0.3) is 0 Å². The number of ether oxygens (including phenoxy) is 1. The summed E-state index contributed by atoms with van der Waals surface area (Å²) in [6.07, 6.45) is 81.6. The maximum absolute atomic E-state index is 13.5. The van der Waals surface area contributed by atoms with Gasteiger partial charge in [0.1, 0.15) is 19.3 Å². The molecule has 81 heavy (non-hydrogen) atoms. The number of likely N-dealkylation sites (N-methyl/N-ethyl adjacent to an activating group) is 1. The lowest BCUT2D eigenvalue weighted by molar-refractivity contribution is -0.870. The van der Waals surface area contributed by atoms with Crippen molar-refractivity contribution in [2.24, 2.45) is 0 Å². The van der Waals surface area contributed by atoms with Crippen LogP contribution in [0.1, 0.15) is 290 Å². The topological polar surface area (TPSA) is 111 Å². The number of phosphoric ester groups is 1. The van der Waals surface area contributed by atoms with E-state index in [0.717, 1.165) is 77.0 Å². The average molecular weight is 1150 g/mol. The van der Waals surface area contributed by atoms with Crippen LogP contribution in [0.3, 0.4) is 0 Å². The number of nitrogens with zero attached hydrogens (tertiary/aromatic N) is 1. The first-order chi connectivity index (χ1) is 39.4. The van der Waals surface area contributed by atoms with Crippen molar-refractivity contribution in [2.45, 2.75) is 303 Å². The van der Waals surface area contributed by atoms with Crippen LogP contribution in [0.2, 0.25) is 0 Å². The van der Waals surface area contributed by atoms with Gasteiger partial charge in [-0.1, -0.05) is 279 Å². The number of rotatable bonds is 60. The van der Waals surface area contributed by atoms with E-state index in [0.29, 0.717) is 17.4 Å². The molecule has 9 nitrogen and oxygen atoms in total. The van der Waals surface area contributed by atoms with Gasteiger partial charge in [-0.15, -0.1) is 0 Å². The molecule has 0 rings (SSSR count). The molecule has 2 N–H and O–H groups in total. The van der Waals surface area contributed by atoms with Gasteiger partial charge in [0.15, 0.2) is 0 Å². The number of phosphoric acid groups is 1. The summed E-state index contributed by atoms with van der Waals surface area (Å²) in [5.74, 6) is -0.599. The lowest BCUT2D eigenvalue weighted by Gasteiger charge is -2.27. The van der Waals surface area contributed by atoms with Crippen molar-refractivity contribution < 1.29 is 37.3 Å². The first-order valence-electron chi connectivity index (χ1n) is 33.6. The minimum Gasteiger partial charge on any atom is -0.456 e. The van der Waals surface area contributed by atoms with Crippen LogP contribution >= 0.6 is 7.82 Å². The van der Waals surface area contributed by atoms with Gasteiger partial charge in [0.05, 0.1) is 33.8 Å². The summed E-state index contributed by atoms with van der Waals surface area (Å²) in [4.78, 5) is 37.7. The summed E-state index contributed by atoms with van der Waals surface area (Å²) in [6, 6.07) is -0.892. The van der Waals surface area contributed by atoms with E-state index in [1.807, 2.05) is 39.4 Å². The number of carbonyl (C=O) groups excluding carboxylic acids is 2. The van der Waals surface area contributed by atoms with Gasteiger partial charge in [-0.05, 0) is 96.0 Å². The fourth-order valence-corrected chi connectivity index (χ4v) is 10.1. The summed E-state index contributed by atoms with van der Waals surface area (Å²) >= 11 is 0. The first kappa shape index (κ1) is 77.9. The fourth-order valence-electron chi connectivity index (χ4n) is 9.37. The van der Waals surface area contributed by atoms with Crippen molar-refractivity contribution >= 4 is 19.7 Å². The Morgan fingerprint density at radius 3 is 1.23 bits per heavy atom. The summed E-state index contributed by atoms with van der Waals surface area (Å²) < 4.78 is 30.7. The van der Waals surface area contributed by atoms with Crippen LogP contribution in [0.4, 0.5) is 0 Å². The van der Waals surface area contributed by atoms with Crippen LogP contribution < -0.4 is 5.32 Å². The van der Waals surface area contributed by atoms with E-state index in [2.05, 4.69) is 105 Å². The molecule has 3 atom stereocenters. The normalized spacial score (nSPS) is 14.2. The number of carbonyl (C=O) groups is 2. The molecule has 0 saturated heterocycles. The Balaban J connectivity index is 5.11. The molecule has 0 spiro atoms. The lowest BCUT2D eigenvalue weighted by Crippen LogP contribution is -2.47. The summed E-state index contributed by atoms with van der Waals surface area (Å²) in [6.45, 7) is 6.83. The standard InChI is InChI=1S/C71H127N2O7P/c1-7-10-13-16-19-22-25-28-30-32-33-34-35-36-37-38-39-40-41-42-44-46-49-52-55-58-61-64-71(75)80-69(62-59-56-53-50-47-27-24-21-18-15-12-9-3)68(67-79-81(76,77)78-66-65-73(4,5)6)72-70(74)63-60-57-54-51-48-45-43-31-29-26-23-20-17-14-11-8-2/h11,14,19-20,22-23,28-31,45,48,54,57,59,62,68-69H,7-10,12-13,15-18,21,24-27,32-44,46-47,49-53,55-56,58,60-61,63-67H2,1-6H3,(H-,72,74,76,77)/p+1/b14-11+,22-19-,23-20+,30-28-,31-29+,48-45+,57-54+,62-59-. The van der Waals surface area contributed by atoms with Gasteiger partial charge in [0, 0.05) is 12.8 Å². The van der Waals surface area contributed by atoms with E-state index in [1.165, 1.54) is 173 Å². The third-order valence-electron chi connectivity index (χ3n) is 14.5. The van der Waals surface area contributed by atoms with Crippen molar-refractivity contribution in [1.82, 2.24) is 5.32 Å².